The number of furan rings is 2. The van der Waals surface area contributed by atoms with Crippen molar-refractivity contribution in [2.45, 2.75) is 12.6 Å². The van der Waals surface area contributed by atoms with Gasteiger partial charge < -0.3 is 18.7 Å². The maximum absolute atomic E-state index is 6.78. The van der Waals surface area contributed by atoms with Crippen LogP contribution >= 0.6 is 0 Å². The van der Waals surface area contributed by atoms with Crippen LogP contribution in [0.5, 0.6) is 0 Å². The van der Waals surface area contributed by atoms with Crippen molar-refractivity contribution in [3.05, 3.63) is 187 Å². The Hall–Kier alpha value is -7.44. The van der Waals surface area contributed by atoms with Gasteiger partial charge in [0.15, 0.2) is 5.84 Å². The average Bonchev–Trinajstić information content (AvgIpc) is 3.96. The first-order chi connectivity index (χ1) is 28.2. The fourth-order valence-corrected chi connectivity index (χ4v) is 8.92. The molecule has 2 unspecified atom stereocenters. The van der Waals surface area contributed by atoms with E-state index in [-0.39, 0.29) is 12.1 Å². The van der Waals surface area contributed by atoms with Crippen LogP contribution in [0.3, 0.4) is 0 Å². The van der Waals surface area contributed by atoms with Crippen LogP contribution in [0.25, 0.3) is 82.5 Å². The van der Waals surface area contributed by atoms with Crippen molar-refractivity contribution in [1.29, 1.82) is 0 Å². The standard InChI is InChI=1S/C51H34N4O2/c1-3-13-31(14-4-1)49-52-50(32-15-5-2-6-16-32)54-51(53-49)39-21-11-20-38-47-35(19-12-24-46(47)57-48(38)39)33-25-27-44-40(29-33)41-30-34(26-28-45(41)56-44)55-42-22-9-7-17-36(42)37-18-8-10-23-43(37)55/h1-15,17-30,32,50H,16H2,(H,52,53,54). The lowest BCUT2D eigenvalue weighted by molar-refractivity contribution is 0.475. The van der Waals surface area contributed by atoms with E-state index in [2.05, 4.69) is 168 Å². The Morgan fingerprint density at radius 3 is 2.09 bits per heavy atom. The lowest BCUT2D eigenvalue weighted by Gasteiger charge is -2.28. The highest BCUT2D eigenvalue weighted by molar-refractivity contribution is 6.21. The molecule has 0 saturated heterocycles. The van der Waals surface area contributed by atoms with Crippen molar-refractivity contribution in [3.63, 3.8) is 0 Å². The molecule has 12 rings (SSSR count). The Bertz CT molecular complexity index is 3320. The molecule has 0 bridgehead atoms. The number of aliphatic imine (C=N–C) groups is 2. The molecule has 3 aromatic heterocycles. The first kappa shape index (κ1) is 31.9. The van der Waals surface area contributed by atoms with E-state index in [4.69, 9.17) is 18.8 Å². The van der Waals surface area contributed by atoms with Crippen LogP contribution in [-0.4, -0.2) is 22.4 Å². The number of fused-ring (bicyclic) bond motifs is 9. The molecule has 0 spiro atoms. The molecule has 2 aliphatic rings. The summed E-state index contributed by atoms with van der Waals surface area (Å²) in [6, 6.07) is 53.2. The molecule has 2 atom stereocenters. The maximum Gasteiger partial charge on any atom is 0.159 e. The predicted molar refractivity (Wildman–Crippen MR) is 234 cm³/mol. The second-order valence-corrected chi connectivity index (χ2v) is 14.9. The summed E-state index contributed by atoms with van der Waals surface area (Å²) < 4.78 is 15.6. The van der Waals surface area contributed by atoms with Gasteiger partial charge in [0, 0.05) is 49.5 Å². The van der Waals surface area contributed by atoms with Crippen molar-refractivity contribution in [3.8, 4) is 16.8 Å². The number of allylic oxidation sites excluding steroid dienone is 3. The number of para-hydroxylation sites is 3. The second-order valence-electron chi connectivity index (χ2n) is 14.9. The zero-order valence-corrected chi connectivity index (χ0v) is 30.8. The number of nitrogens with zero attached hydrogens (tertiary/aromatic N) is 3. The minimum absolute atomic E-state index is 0.170. The first-order valence-corrected chi connectivity index (χ1v) is 19.5. The number of aromatic nitrogens is 1. The molecule has 7 aromatic carbocycles. The van der Waals surface area contributed by atoms with E-state index in [9.17, 15) is 0 Å². The molecule has 6 nitrogen and oxygen atoms in total. The quantitative estimate of drug-likeness (QED) is 0.191. The van der Waals surface area contributed by atoms with Crippen LogP contribution < -0.4 is 5.32 Å². The highest BCUT2D eigenvalue weighted by Gasteiger charge is 2.28. The first-order valence-electron chi connectivity index (χ1n) is 19.5. The predicted octanol–water partition coefficient (Wildman–Crippen LogP) is 12.5. The Morgan fingerprint density at radius 2 is 1.28 bits per heavy atom. The highest BCUT2D eigenvalue weighted by Crippen LogP contribution is 2.41. The van der Waals surface area contributed by atoms with Gasteiger partial charge in [-0.25, -0.2) is 9.98 Å². The minimum Gasteiger partial charge on any atom is -0.456 e. The van der Waals surface area contributed by atoms with E-state index < -0.39 is 0 Å². The number of nitrogens with one attached hydrogen (secondary N) is 1. The van der Waals surface area contributed by atoms with Crippen molar-refractivity contribution >= 4 is 77.4 Å². The average molecular weight is 735 g/mol. The van der Waals surface area contributed by atoms with E-state index >= 15 is 0 Å². The molecule has 0 fully saturated rings. The van der Waals surface area contributed by atoms with Crippen LogP contribution in [0.15, 0.2) is 195 Å². The molecule has 1 aliphatic heterocycles. The van der Waals surface area contributed by atoms with Gasteiger partial charge >= 0.3 is 0 Å². The molecule has 10 aromatic rings. The number of rotatable bonds is 5. The van der Waals surface area contributed by atoms with E-state index in [0.29, 0.717) is 5.84 Å². The Kier molecular flexibility index (Phi) is 7.01. The normalized spacial score (nSPS) is 16.9. The van der Waals surface area contributed by atoms with E-state index in [0.717, 1.165) is 84.1 Å². The van der Waals surface area contributed by atoms with E-state index in [1.165, 1.54) is 21.8 Å². The van der Waals surface area contributed by atoms with Gasteiger partial charge in [-0.15, -0.1) is 0 Å². The number of hydrogen-bond donors (Lipinski definition) is 1. The van der Waals surface area contributed by atoms with Gasteiger partial charge in [-0.05, 0) is 72.1 Å². The van der Waals surface area contributed by atoms with E-state index in [1.807, 2.05) is 18.2 Å². The third-order valence-electron chi connectivity index (χ3n) is 11.6. The second kappa shape index (κ2) is 12.5. The van der Waals surface area contributed by atoms with Gasteiger partial charge in [-0.3, -0.25) is 0 Å². The molecule has 6 heteroatoms. The largest absolute Gasteiger partial charge is 0.456 e. The molecule has 1 N–H and O–H groups in total. The molecule has 270 valence electrons. The fraction of sp³-hybridized carbons (Fsp3) is 0.0588. The van der Waals surface area contributed by atoms with Crippen LogP contribution in [0, 0.1) is 5.92 Å². The zero-order valence-electron chi connectivity index (χ0n) is 30.8. The Labute approximate surface area is 327 Å². The third kappa shape index (κ3) is 5.04. The minimum atomic E-state index is -0.170. The highest BCUT2D eigenvalue weighted by atomic mass is 16.3. The van der Waals surface area contributed by atoms with Crippen molar-refractivity contribution in [2.24, 2.45) is 15.9 Å². The maximum atomic E-state index is 6.78. The molecule has 1 aliphatic carbocycles. The van der Waals surface area contributed by atoms with Crippen LogP contribution in [-0.2, 0) is 0 Å². The van der Waals surface area contributed by atoms with Gasteiger partial charge in [0.25, 0.3) is 0 Å². The lowest BCUT2D eigenvalue weighted by Crippen LogP contribution is -2.43. The number of benzene rings is 7. The number of amidine groups is 2. The molecule has 57 heavy (non-hydrogen) atoms. The van der Waals surface area contributed by atoms with Crippen LogP contribution in [0.4, 0.5) is 0 Å². The zero-order chi connectivity index (χ0) is 37.5. The van der Waals surface area contributed by atoms with E-state index in [1.54, 1.807) is 0 Å². The summed E-state index contributed by atoms with van der Waals surface area (Å²) in [5, 5.41) is 10.4. The summed E-state index contributed by atoms with van der Waals surface area (Å²) >= 11 is 0. The lowest BCUT2D eigenvalue weighted by atomic mass is 9.96. The van der Waals surface area contributed by atoms with Crippen LogP contribution in [0.1, 0.15) is 17.5 Å². The monoisotopic (exact) mass is 734 g/mol. The van der Waals surface area contributed by atoms with Crippen LogP contribution in [0.2, 0.25) is 0 Å². The third-order valence-corrected chi connectivity index (χ3v) is 11.6. The van der Waals surface area contributed by atoms with Gasteiger partial charge in [-0.2, -0.15) is 0 Å². The SMILES string of the molecule is C1=CCC(C2N=C(c3ccccc3)N=C(c3cccc4c3oc3cccc(-c5ccc6oc7ccc(-n8c9ccccc9c9ccccc98)cc7c6c5)c34)N2)C=C1. The fourth-order valence-electron chi connectivity index (χ4n) is 8.92. The molecule has 4 heterocycles. The summed E-state index contributed by atoms with van der Waals surface area (Å²) in [5.41, 5.74) is 10.9. The molecule has 0 radical (unpaired) electrons. The Morgan fingerprint density at radius 1 is 0.561 bits per heavy atom. The summed E-state index contributed by atoms with van der Waals surface area (Å²) in [5.74, 6) is 1.68. The Balaban J connectivity index is 0.995. The van der Waals surface area contributed by atoms with Crippen molar-refractivity contribution in [1.82, 2.24) is 9.88 Å². The summed E-state index contributed by atoms with van der Waals surface area (Å²) in [6.07, 6.45) is 9.37. The van der Waals surface area contributed by atoms with Gasteiger partial charge in [0.05, 0.1) is 16.6 Å². The summed E-state index contributed by atoms with van der Waals surface area (Å²) in [6.45, 7) is 0. The summed E-state index contributed by atoms with van der Waals surface area (Å²) in [4.78, 5) is 10.2. The van der Waals surface area contributed by atoms with Crippen molar-refractivity contribution < 1.29 is 8.83 Å². The number of hydrogen-bond acceptors (Lipinski definition) is 5. The van der Waals surface area contributed by atoms with Gasteiger partial charge in [0.1, 0.15) is 34.3 Å². The molecule has 0 saturated carbocycles. The smallest absolute Gasteiger partial charge is 0.159 e. The van der Waals surface area contributed by atoms with Gasteiger partial charge in [0.2, 0.25) is 0 Å². The topological polar surface area (TPSA) is 68.0 Å². The molecular weight excluding hydrogens is 701 g/mol. The molecule has 0 amide bonds. The molecular formula is C51H34N4O2. The summed E-state index contributed by atoms with van der Waals surface area (Å²) in [7, 11) is 0. The van der Waals surface area contributed by atoms with Crippen molar-refractivity contribution in [2.75, 3.05) is 0 Å². The van der Waals surface area contributed by atoms with Gasteiger partial charge in [-0.1, -0.05) is 121 Å².